The molecule has 0 aliphatic rings. The maximum Gasteiger partial charge on any atom is 0.177 e. The van der Waals surface area contributed by atoms with E-state index in [0.717, 1.165) is 6.26 Å². The zero-order valence-corrected chi connectivity index (χ0v) is 14.0. The molecule has 2 aromatic carbocycles. The Labute approximate surface area is 137 Å². The first kappa shape index (κ1) is 15.9. The van der Waals surface area contributed by atoms with Crippen LogP contribution in [0.25, 0.3) is 11.1 Å². The Morgan fingerprint density at radius 3 is 1.80 bits per heavy atom. The van der Waals surface area contributed by atoms with Crippen molar-refractivity contribution in [1.82, 2.24) is 0 Å². The molecule has 2 nitrogen and oxygen atoms in total. The monoisotopic (exact) mass is 368 g/mol. The van der Waals surface area contributed by atoms with Crippen molar-refractivity contribution >= 4 is 56.2 Å². The summed E-state index contributed by atoms with van der Waals surface area (Å²) in [6, 6.07) is 8.76. The lowest BCUT2D eigenvalue weighted by Gasteiger charge is -2.15. The van der Waals surface area contributed by atoms with E-state index in [-0.39, 0.29) is 30.5 Å². The van der Waals surface area contributed by atoms with Crippen molar-refractivity contribution in [1.29, 1.82) is 0 Å². The van der Waals surface area contributed by atoms with E-state index in [0.29, 0.717) is 5.56 Å². The topological polar surface area (TPSA) is 34.1 Å². The molecule has 0 aromatic heterocycles. The average Bonchev–Trinajstić information content (AvgIpc) is 2.39. The van der Waals surface area contributed by atoms with Crippen LogP contribution in [-0.4, -0.2) is 14.7 Å². The fourth-order valence-electron chi connectivity index (χ4n) is 1.82. The van der Waals surface area contributed by atoms with Gasteiger partial charge in [-0.1, -0.05) is 76.7 Å². The fraction of sp³-hybridized carbons (Fsp3) is 0.0769. The highest BCUT2D eigenvalue weighted by Crippen LogP contribution is 2.47. The minimum Gasteiger partial charge on any atom is -0.224 e. The molecule has 0 unspecified atom stereocenters. The summed E-state index contributed by atoms with van der Waals surface area (Å²) in [6.45, 7) is 0. The molecule has 20 heavy (non-hydrogen) atoms. The van der Waals surface area contributed by atoms with Gasteiger partial charge in [-0.05, 0) is 5.56 Å². The van der Waals surface area contributed by atoms with Crippen LogP contribution in [0.2, 0.25) is 20.1 Å². The van der Waals surface area contributed by atoms with E-state index in [4.69, 9.17) is 46.4 Å². The van der Waals surface area contributed by atoms with E-state index in [1.54, 1.807) is 30.3 Å². The molecule has 0 saturated carbocycles. The average molecular weight is 370 g/mol. The minimum absolute atomic E-state index is 0.0320. The van der Waals surface area contributed by atoms with Crippen molar-refractivity contribution in [3.8, 4) is 11.1 Å². The number of benzene rings is 2. The van der Waals surface area contributed by atoms with Gasteiger partial charge in [-0.3, -0.25) is 0 Å². The van der Waals surface area contributed by atoms with Crippen molar-refractivity contribution in [2.45, 2.75) is 4.90 Å². The van der Waals surface area contributed by atoms with Gasteiger partial charge in [-0.25, -0.2) is 8.42 Å². The third kappa shape index (κ3) is 2.78. The van der Waals surface area contributed by atoms with Crippen molar-refractivity contribution in [3.63, 3.8) is 0 Å². The predicted octanol–water partition coefficient (Wildman–Crippen LogP) is 5.37. The second-order valence-corrected chi connectivity index (χ2v) is 7.56. The van der Waals surface area contributed by atoms with Gasteiger partial charge in [0.1, 0.15) is 0 Å². The highest BCUT2D eigenvalue weighted by atomic mass is 35.5. The lowest BCUT2D eigenvalue weighted by molar-refractivity contribution is 0.602. The molecule has 2 aromatic rings. The molecule has 0 aliphatic heterocycles. The lowest BCUT2D eigenvalue weighted by atomic mass is 10.1. The number of sulfone groups is 1. The molecular weight excluding hydrogens is 362 g/mol. The molecule has 0 spiro atoms. The number of halogens is 4. The van der Waals surface area contributed by atoms with Crippen LogP contribution in [0, 0.1) is 0 Å². The van der Waals surface area contributed by atoms with Crippen LogP contribution in [0.4, 0.5) is 0 Å². The van der Waals surface area contributed by atoms with E-state index >= 15 is 0 Å². The molecule has 0 amide bonds. The zero-order chi connectivity index (χ0) is 15.1. The molecule has 106 valence electrons. The Hall–Kier alpha value is -0.450. The smallest absolute Gasteiger partial charge is 0.177 e. The van der Waals surface area contributed by atoms with E-state index in [2.05, 4.69) is 0 Å². The van der Waals surface area contributed by atoms with Gasteiger partial charge in [0.15, 0.2) is 9.84 Å². The molecule has 2 rings (SSSR count). The summed E-state index contributed by atoms with van der Waals surface area (Å²) < 4.78 is 24.0. The van der Waals surface area contributed by atoms with Gasteiger partial charge >= 0.3 is 0 Å². The normalized spacial score (nSPS) is 11.7. The Balaban J connectivity index is 3.00. The standard InChI is InChI=1S/C13H8Cl4O2S/c1-20(18,19)13-8(7-5-3-2-4-6-7)9(14)10(15)11(16)12(13)17/h2-6H,1H3. The second-order valence-electron chi connectivity index (χ2n) is 4.10. The first-order valence-corrected chi connectivity index (χ1v) is 8.77. The molecule has 0 radical (unpaired) electrons. The summed E-state index contributed by atoms with van der Waals surface area (Å²) in [4.78, 5) is -0.121. The first-order valence-electron chi connectivity index (χ1n) is 5.36. The molecule has 0 N–H and O–H groups in total. The number of hydrogen-bond acceptors (Lipinski definition) is 2. The summed E-state index contributed by atoms with van der Waals surface area (Å²) in [7, 11) is -3.63. The maximum absolute atomic E-state index is 12.0. The Morgan fingerprint density at radius 1 is 0.800 bits per heavy atom. The molecule has 0 saturated heterocycles. The quantitative estimate of drug-likeness (QED) is 0.526. The summed E-state index contributed by atoms with van der Waals surface area (Å²) in [5, 5.41) is -0.0989. The highest BCUT2D eigenvalue weighted by Gasteiger charge is 2.27. The van der Waals surface area contributed by atoms with Gasteiger partial charge in [0, 0.05) is 11.8 Å². The van der Waals surface area contributed by atoms with Gasteiger partial charge in [0.2, 0.25) is 0 Å². The van der Waals surface area contributed by atoms with E-state index in [1.807, 2.05) is 0 Å². The van der Waals surface area contributed by atoms with E-state index < -0.39 is 9.84 Å². The zero-order valence-electron chi connectivity index (χ0n) is 10.1. The molecular formula is C13H8Cl4O2S. The molecule has 0 aliphatic carbocycles. The minimum atomic E-state index is -3.63. The van der Waals surface area contributed by atoms with Crippen LogP contribution in [-0.2, 0) is 9.84 Å². The van der Waals surface area contributed by atoms with E-state index in [9.17, 15) is 8.42 Å². The van der Waals surface area contributed by atoms with Gasteiger partial charge in [0.25, 0.3) is 0 Å². The molecule has 0 atom stereocenters. The lowest BCUT2D eigenvalue weighted by Crippen LogP contribution is -2.03. The third-order valence-electron chi connectivity index (χ3n) is 2.66. The summed E-state index contributed by atoms with van der Waals surface area (Å²) >= 11 is 24.2. The molecule has 0 bridgehead atoms. The maximum atomic E-state index is 12.0. The largest absolute Gasteiger partial charge is 0.224 e. The van der Waals surface area contributed by atoms with Crippen molar-refractivity contribution < 1.29 is 8.42 Å². The van der Waals surface area contributed by atoms with E-state index in [1.165, 1.54) is 0 Å². The summed E-state index contributed by atoms with van der Waals surface area (Å²) in [5.41, 5.74) is 0.854. The van der Waals surface area contributed by atoms with Crippen LogP contribution in [0.5, 0.6) is 0 Å². The molecule has 7 heteroatoms. The number of hydrogen-bond donors (Lipinski definition) is 0. The van der Waals surface area contributed by atoms with Crippen LogP contribution < -0.4 is 0 Å². The van der Waals surface area contributed by atoms with Crippen LogP contribution in [0.1, 0.15) is 0 Å². The molecule has 0 fully saturated rings. The number of rotatable bonds is 2. The Kier molecular flexibility index (Phi) is 4.57. The van der Waals surface area contributed by atoms with Crippen LogP contribution >= 0.6 is 46.4 Å². The second kappa shape index (κ2) is 5.74. The van der Waals surface area contributed by atoms with Crippen LogP contribution in [0.15, 0.2) is 35.2 Å². The SMILES string of the molecule is CS(=O)(=O)c1c(Cl)c(Cl)c(Cl)c(Cl)c1-c1ccccc1. The van der Waals surface area contributed by atoms with Crippen LogP contribution in [0.3, 0.4) is 0 Å². The van der Waals surface area contributed by atoms with Crippen molar-refractivity contribution in [2.24, 2.45) is 0 Å². The fourth-order valence-corrected chi connectivity index (χ4v) is 4.33. The van der Waals surface area contributed by atoms with Gasteiger partial charge in [-0.15, -0.1) is 0 Å². The Bertz CT molecular complexity index is 771. The van der Waals surface area contributed by atoms with Gasteiger partial charge in [0.05, 0.1) is 25.0 Å². The summed E-state index contributed by atoms with van der Waals surface area (Å²) in [5.74, 6) is 0. The predicted molar refractivity (Wildman–Crippen MR) is 85.0 cm³/mol. The third-order valence-corrected chi connectivity index (χ3v) is 5.72. The molecule has 0 heterocycles. The van der Waals surface area contributed by atoms with Gasteiger partial charge in [-0.2, -0.15) is 0 Å². The van der Waals surface area contributed by atoms with Gasteiger partial charge < -0.3 is 0 Å². The first-order chi connectivity index (χ1) is 9.25. The van der Waals surface area contributed by atoms with Crippen molar-refractivity contribution in [3.05, 3.63) is 50.4 Å². The van der Waals surface area contributed by atoms with Crippen molar-refractivity contribution in [2.75, 3.05) is 6.26 Å². The highest BCUT2D eigenvalue weighted by molar-refractivity contribution is 7.91. The summed E-state index contributed by atoms with van der Waals surface area (Å²) in [6.07, 6.45) is 1.04. The Morgan fingerprint density at radius 2 is 1.30 bits per heavy atom.